The molecule has 2 unspecified atom stereocenters. The average Bonchev–Trinajstić information content (AvgIpc) is 3.11. The molecule has 30 heavy (non-hydrogen) atoms. The van der Waals surface area contributed by atoms with Gasteiger partial charge in [-0.2, -0.15) is 0 Å². The van der Waals surface area contributed by atoms with Gasteiger partial charge in [-0.3, -0.25) is 0 Å². The number of ether oxygens (including phenoxy) is 1. The zero-order valence-electron chi connectivity index (χ0n) is 17.3. The Balaban J connectivity index is 1.96. The summed E-state index contributed by atoms with van der Waals surface area (Å²) in [6.45, 7) is 7.09. The largest absolute Gasteiger partial charge is 0.465 e. The predicted molar refractivity (Wildman–Crippen MR) is 119 cm³/mol. The minimum absolute atomic E-state index is 0.199. The number of carboxylic acid groups (broad SMARTS) is 1. The molecule has 2 atom stereocenters. The molecule has 1 fully saturated rings. The molecule has 1 amide bonds. The lowest BCUT2D eigenvalue weighted by atomic mass is 10.1. The van der Waals surface area contributed by atoms with Crippen molar-refractivity contribution in [1.82, 2.24) is 14.9 Å². The molecule has 7 nitrogen and oxygen atoms in total. The Hall–Kier alpha value is -2.09. The quantitative estimate of drug-likeness (QED) is 0.629. The van der Waals surface area contributed by atoms with Crippen molar-refractivity contribution in [3.8, 4) is 11.3 Å². The molecule has 2 aromatic rings. The average molecular weight is 453 g/mol. The summed E-state index contributed by atoms with van der Waals surface area (Å²) >= 11 is 12.5. The lowest BCUT2D eigenvalue weighted by Crippen LogP contribution is -2.35. The molecule has 1 aromatic carbocycles. The number of benzene rings is 1. The molecule has 1 aromatic heterocycles. The van der Waals surface area contributed by atoms with Crippen LogP contribution >= 0.6 is 23.2 Å². The fourth-order valence-corrected chi connectivity index (χ4v) is 4.14. The lowest BCUT2D eigenvalue weighted by molar-refractivity contribution is 0.0629. The van der Waals surface area contributed by atoms with Crippen LogP contribution in [-0.4, -0.2) is 57.9 Å². The van der Waals surface area contributed by atoms with Gasteiger partial charge in [0.1, 0.15) is 5.82 Å². The number of halogens is 2. The van der Waals surface area contributed by atoms with E-state index < -0.39 is 6.09 Å². The topological polar surface area (TPSA) is 87.6 Å². The minimum Gasteiger partial charge on any atom is -0.465 e. The molecule has 0 aliphatic carbocycles. The summed E-state index contributed by atoms with van der Waals surface area (Å²) < 4.78 is 5.77. The Labute approximate surface area is 186 Å². The van der Waals surface area contributed by atoms with E-state index in [1.54, 1.807) is 12.1 Å². The Morgan fingerprint density at radius 3 is 2.53 bits per heavy atom. The van der Waals surface area contributed by atoms with Gasteiger partial charge < -0.3 is 20.1 Å². The van der Waals surface area contributed by atoms with Crippen molar-refractivity contribution < 1.29 is 14.6 Å². The van der Waals surface area contributed by atoms with Gasteiger partial charge in [-0.25, -0.2) is 14.8 Å². The number of carbonyl (C=O) groups is 1. The second-order valence-corrected chi connectivity index (χ2v) is 7.92. The molecule has 1 saturated heterocycles. The molecule has 1 aliphatic heterocycles. The monoisotopic (exact) mass is 452 g/mol. The first-order chi connectivity index (χ1) is 14.4. The first kappa shape index (κ1) is 22.6. The highest BCUT2D eigenvalue weighted by molar-refractivity contribution is 6.36. The van der Waals surface area contributed by atoms with E-state index in [4.69, 9.17) is 37.9 Å². The first-order valence-electron chi connectivity index (χ1n) is 10.1. The maximum absolute atomic E-state index is 11.4. The van der Waals surface area contributed by atoms with E-state index in [-0.39, 0.29) is 12.1 Å². The number of anilines is 1. The van der Waals surface area contributed by atoms with Gasteiger partial charge in [0.05, 0.1) is 40.8 Å². The zero-order chi connectivity index (χ0) is 21.8. The van der Waals surface area contributed by atoms with Gasteiger partial charge in [-0.05, 0) is 38.0 Å². The van der Waals surface area contributed by atoms with Crippen LogP contribution in [0, 0.1) is 0 Å². The second kappa shape index (κ2) is 9.81. The molecule has 1 aliphatic rings. The molecular weight excluding hydrogens is 427 g/mol. The van der Waals surface area contributed by atoms with Crippen molar-refractivity contribution in [2.75, 3.05) is 25.0 Å². The van der Waals surface area contributed by atoms with E-state index in [1.807, 2.05) is 26.8 Å². The maximum atomic E-state index is 11.4. The van der Waals surface area contributed by atoms with Crippen LogP contribution in [0.2, 0.25) is 10.0 Å². The number of rotatable bonds is 7. The highest BCUT2D eigenvalue weighted by Gasteiger charge is 2.36. The van der Waals surface area contributed by atoms with E-state index in [0.29, 0.717) is 48.4 Å². The van der Waals surface area contributed by atoms with Gasteiger partial charge in [0, 0.05) is 23.7 Å². The summed E-state index contributed by atoms with van der Waals surface area (Å²) in [5.74, 6) is 0.658. The van der Waals surface area contributed by atoms with Gasteiger partial charge in [0.15, 0.2) is 0 Å². The minimum atomic E-state index is -0.951. The molecule has 0 radical (unpaired) electrons. The third kappa shape index (κ3) is 4.79. The van der Waals surface area contributed by atoms with Crippen LogP contribution in [-0.2, 0) is 17.6 Å². The number of nitrogens with one attached hydrogen (secondary N) is 1. The van der Waals surface area contributed by atoms with Crippen LogP contribution in [0.5, 0.6) is 0 Å². The molecule has 0 bridgehead atoms. The Kier molecular flexibility index (Phi) is 7.39. The van der Waals surface area contributed by atoms with E-state index in [0.717, 1.165) is 22.6 Å². The normalized spacial score (nSPS) is 18.6. The third-order valence-electron chi connectivity index (χ3n) is 5.14. The van der Waals surface area contributed by atoms with Crippen molar-refractivity contribution in [2.45, 2.75) is 45.8 Å². The second-order valence-electron chi connectivity index (χ2n) is 7.08. The van der Waals surface area contributed by atoms with E-state index in [9.17, 15) is 9.90 Å². The fraction of sp³-hybridized carbons (Fsp3) is 0.476. The van der Waals surface area contributed by atoms with Crippen LogP contribution in [0.3, 0.4) is 0 Å². The van der Waals surface area contributed by atoms with Gasteiger partial charge in [-0.1, -0.05) is 37.0 Å². The van der Waals surface area contributed by atoms with Gasteiger partial charge in [0.25, 0.3) is 0 Å². The van der Waals surface area contributed by atoms with Gasteiger partial charge in [0.2, 0.25) is 0 Å². The lowest BCUT2D eigenvalue weighted by Gasteiger charge is -2.22. The standard InChI is InChI=1S/C21H26Cl2N4O3/c1-4-15-19(13-8-7-12(22)9-14(13)23)24-16(5-2)20(25-15)26-17-10-27(21(28)29)11-18(17)30-6-3/h7-9,17-18H,4-6,10-11H2,1-3H3,(H,25,26)(H,28,29). The first-order valence-corrected chi connectivity index (χ1v) is 10.8. The molecule has 3 rings (SSSR count). The molecular formula is C21H26Cl2N4O3. The van der Waals surface area contributed by atoms with Crippen LogP contribution < -0.4 is 5.32 Å². The summed E-state index contributed by atoms with van der Waals surface area (Å²) in [7, 11) is 0. The SMILES string of the molecule is CCOC1CN(C(=O)O)CC1Nc1nc(CC)c(-c2ccc(Cl)cc2Cl)nc1CC. The Morgan fingerprint density at radius 2 is 1.93 bits per heavy atom. The number of hydrogen-bond acceptors (Lipinski definition) is 5. The van der Waals surface area contributed by atoms with Crippen molar-refractivity contribution in [3.05, 3.63) is 39.6 Å². The van der Waals surface area contributed by atoms with Crippen molar-refractivity contribution >= 4 is 35.1 Å². The maximum Gasteiger partial charge on any atom is 0.407 e. The van der Waals surface area contributed by atoms with Crippen LogP contribution in [0.25, 0.3) is 11.3 Å². The molecule has 2 N–H and O–H groups in total. The summed E-state index contributed by atoms with van der Waals surface area (Å²) in [5.41, 5.74) is 3.12. The summed E-state index contributed by atoms with van der Waals surface area (Å²) in [6.07, 6.45) is 0.133. The highest BCUT2D eigenvalue weighted by atomic mass is 35.5. The molecule has 162 valence electrons. The number of aryl methyl sites for hydroxylation is 2. The van der Waals surface area contributed by atoms with Crippen LogP contribution in [0.1, 0.15) is 32.2 Å². The molecule has 9 heteroatoms. The number of hydrogen-bond donors (Lipinski definition) is 2. The van der Waals surface area contributed by atoms with E-state index >= 15 is 0 Å². The number of aromatic nitrogens is 2. The number of nitrogens with zero attached hydrogens (tertiary/aromatic N) is 3. The molecule has 0 saturated carbocycles. The summed E-state index contributed by atoms with van der Waals surface area (Å²) in [4.78, 5) is 22.5. The molecule has 0 spiro atoms. The Morgan fingerprint density at radius 1 is 1.20 bits per heavy atom. The number of likely N-dealkylation sites (tertiary alicyclic amines) is 1. The Bertz CT molecular complexity index is 925. The predicted octanol–water partition coefficient (Wildman–Crippen LogP) is 4.75. The van der Waals surface area contributed by atoms with E-state index in [1.165, 1.54) is 4.90 Å². The summed E-state index contributed by atoms with van der Waals surface area (Å²) in [6, 6.07) is 5.14. The summed E-state index contributed by atoms with van der Waals surface area (Å²) in [5, 5.41) is 13.9. The third-order valence-corrected chi connectivity index (χ3v) is 5.68. The van der Waals surface area contributed by atoms with Crippen molar-refractivity contribution in [3.63, 3.8) is 0 Å². The smallest absolute Gasteiger partial charge is 0.407 e. The van der Waals surface area contributed by atoms with Gasteiger partial charge >= 0.3 is 6.09 Å². The molecule has 2 heterocycles. The zero-order valence-corrected chi connectivity index (χ0v) is 18.8. The number of amides is 1. The highest BCUT2D eigenvalue weighted by Crippen LogP contribution is 2.33. The van der Waals surface area contributed by atoms with Crippen molar-refractivity contribution in [1.29, 1.82) is 0 Å². The fourth-order valence-electron chi connectivity index (χ4n) is 3.64. The van der Waals surface area contributed by atoms with Gasteiger partial charge in [-0.15, -0.1) is 0 Å². The van der Waals surface area contributed by atoms with E-state index in [2.05, 4.69) is 5.32 Å². The van der Waals surface area contributed by atoms with Crippen LogP contribution in [0.4, 0.5) is 10.6 Å². The van der Waals surface area contributed by atoms with Crippen molar-refractivity contribution in [2.24, 2.45) is 0 Å². The van der Waals surface area contributed by atoms with Crippen LogP contribution in [0.15, 0.2) is 18.2 Å².